The highest BCUT2D eigenvalue weighted by atomic mass is 16.5. The monoisotopic (exact) mass is 587 g/mol. The Kier molecular flexibility index (Phi) is 8.41. The minimum atomic E-state index is -0.997. The Morgan fingerprint density at radius 3 is 2.09 bits per heavy atom. The Morgan fingerprint density at radius 1 is 0.750 bits per heavy atom. The van der Waals surface area contributed by atoms with Crippen LogP contribution >= 0.6 is 0 Å². The van der Waals surface area contributed by atoms with Crippen molar-refractivity contribution in [2.45, 2.75) is 30.8 Å². The normalized spacial score (nSPS) is 13.4. The SMILES string of the molecule is COC(=O)[C@H](Cc1c[nH]c2ccccc12)NC(=O)[C@H](Cc1ccccc1)NC(=O)OCC1c2ccccc2-c2ccccc21. The second-order valence-corrected chi connectivity index (χ2v) is 10.9. The predicted molar refractivity (Wildman–Crippen MR) is 168 cm³/mol. The summed E-state index contributed by atoms with van der Waals surface area (Å²) < 4.78 is 10.8. The molecule has 1 heterocycles. The van der Waals surface area contributed by atoms with Crippen LogP contribution in [0.1, 0.15) is 28.2 Å². The van der Waals surface area contributed by atoms with E-state index < -0.39 is 30.1 Å². The number of amides is 2. The van der Waals surface area contributed by atoms with E-state index in [9.17, 15) is 14.4 Å². The van der Waals surface area contributed by atoms with Gasteiger partial charge in [-0.3, -0.25) is 4.79 Å². The van der Waals surface area contributed by atoms with Gasteiger partial charge in [-0.1, -0.05) is 97.1 Å². The fourth-order valence-corrected chi connectivity index (χ4v) is 5.97. The Hall–Kier alpha value is -5.37. The van der Waals surface area contributed by atoms with E-state index in [-0.39, 0.29) is 25.4 Å². The van der Waals surface area contributed by atoms with E-state index in [4.69, 9.17) is 9.47 Å². The van der Waals surface area contributed by atoms with Gasteiger partial charge >= 0.3 is 12.1 Å². The molecule has 0 fully saturated rings. The number of hydrogen-bond acceptors (Lipinski definition) is 5. The average Bonchev–Trinajstić information content (AvgIpc) is 3.62. The van der Waals surface area contributed by atoms with E-state index in [0.717, 1.165) is 44.3 Å². The van der Waals surface area contributed by atoms with Crippen LogP contribution in [0.4, 0.5) is 4.79 Å². The van der Waals surface area contributed by atoms with Gasteiger partial charge in [-0.2, -0.15) is 0 Å². The Labute approximate surface area is 255 Å². The third-order valence-electron chi connectivity index (χ3n) is 8.14. The van der Waals surface area contributed by atoms with E-state index >= 15 is 0 Å². The lowest BCUT2D eigenvalue weighted by Crippen LogP contribution is -2.53. The number of esters is 1. The maximum Gasteiger partial charge on any atom is 0.407 e. The van der Waals surface area contributed by atoms with Crippen molar-refractivity contribution in [2.24, 2.45) is 0 Å². The summed E-state index contributed by atoms with van der Waals surface area (Å²) in [6.45, 7) is 0.116. The molecule has 2 atom stereocenters. The molecule has 0 spiro atoms. The molecule has 0 unspecified atom stereocenters. The van der Waals surface area contributed by atoms with Crippen LogP contribution < -0.4 is 10.6 Å². The van der Waals surface area contributed by atoms with Crippen molar-refractivity contribution >= 4 is 28.9 Å². The van der Waals surface area contributed by atoms with Gasteiger partial charge in [0.15, 0.2) is 0 Å². The number of carbonyl (C=O) groups is 3. The number of aromatic nitrogens is 1. The van der Waals surface area contributed by atoms with Gasteiger partial charge in [0, 0.05) is 35.9 Å². The summed E-state index contributed by atoms with van der Waals surface area (Å²) in [7, 11) is 1.28. The zero-order chi connectivity index (χ0) is 30.5. The lowest BCUT2D eigenvalue weighted by Gasteiger charge is -2.23. The van der Waals surface area contributed by atoms with Crippen molar-refractivity contribution in [3.05, 3.63) is 132 Å². The number of benzene rings is 4. The van der Waals surface area contributed by atoms with Gasteiger partial charge in [0.1, 0.15) is 18.7 Å². The lowest BCUT2D eigenvalue weighted by atomic mass is 9.98. The van der Waals surface area contributed by atoms with Gasteiger partial charge in [0.25, 0.3) is 0 Å². The number of para-hydroxylation sites is 1. The topological polar surface area (TPSA) is 110 Å². The number of fused-ring (bicyclic) bond motifs is 4. The minimum Gasteiger partial charge on any atom is -0.467 e. The number of aromatic amines is 1. The van der Waals surface area contributed by atoms with E-state index in [1.54, 1.807) is 0 Å². The van der Waals surface area contributed by atoms with Crippen LogP contribution in [0.2, 0.25) is 0 Å². The summed E-state index contributed by atoms with van der Waals surface area (Å²) in [6, 6.07) is 31.3. The number of ether oxygens (including phenoxy) is 2. The smallest absolute Gasteiger partial charge is 0.407 e. The zero-order valence-electron chi connectivity index (χ0n) is 24.3. The van der Waals surface area contributed by atoms with Crippen LogP contribution in [-0.2, 0) is 31.9 Å². The summed E-state index contributed by atoms with van der Waals surface area (Å²) in [4.78, 5) is 42.9. The minimum absolute atomic E-state index is 0.116. The number of hydrogen-bond donors (Lipinski definition) is 3. The standard InChI is InChI=1S/C36H33N3O5/c1-43-35(41)33(20-24-21-37-31-18-10-9-13-25(24)31)38-34(40)32(19-23-11-3-2-4-12-23)39-36(42)44-22-30-28-16-7-5-14-26(28)27-15-6-8-17-29(27)30/h2-18,21,30,32-33,37H,19-20,22H2,1H3,(H,38,40)(H,39,42)/t32-,33-/m0/s1. The quantitative estimate of drug-likeness (QED) is 0.187. The van der Waals surface area contributed by atoms with Crippen LogP contribution in [0.25, 0.3) is 22.0 Å². The third-order valence-corrected chi connectivity index (χ3v) is 8.14. The fraction of sp³-hybridized carbons (Fsp3) is 0.194. The second kappa shape index (κ2) is 12.9. The molecule has 0 saturated heterocycles. The highest BCUT2D eigenvalue weighted by molar-refractivity contribution is 5.91. The van der Waals surface area contributed by atoms with Gasteiger partial charge in [-0.25, -0.2) is 9.59 Å². The first kappa shape index (κ1) is 28.7. The number of rotatable bonds is 10. The lowest BCUT2D eigenvalue weighted by molar-refractivity contribution is -0.145. The third kappa shape index (κ3) is 6.06. The molecule has 3 N–H and O–H groups in total. The van der Waals surface area contributed by atoms with Crippen molar-refractivity contribution in [1.29, 1.82) is 0 Å². The van der Waals surface area contributed by atoms with E-state index in [0.29, 0.717) is 0 Å². The predicted octanol–water partition coefficient (Wildman–Crippen LogP) is 5.52. The molecule has 1 aliphatic rings. The van der Waals surface area contributed by atoms with Gasteiger partial charge in [0.2, 0.25) is 5.91 Å². The highest BCUT2D eigenvalue weighted by Gasteiger charge is 2.31. The molecule has 1 aliphatic carbocycles. The maximum atomic E-state index is 13.7. The highest BCUT2D eigenvalue weighted by Crippen LogP contribution is 2.44. The molecule has 44 heavy (non-hydrogen) atoms. The first-order valence-electron chi connectivity index (χ1n) is 14.6. The summed E-state index contributed by atoms with van der Waals surface area (Å²) in [6.07, 6.45) is 1.53. The molecule has 0 radical (unpaired) electrons. The number of nitrogens with one attached hydrogen (secondary N) is 3. The molecule has 0 bridgehead atoms. The second-order valence-electron chi connectivity index (χ2n) is 10.9. The van der Waals surface area contributed by atoms with Crippen molar-refractivity contribution < 1.29 is 23.9 Å². The molecule has 8 heteroatoms. The van der Waals surface area contributed by atoms with Crippen molar-refractivity contribution in [3.8, 4) is 11.1 Å². The van der Waals surface area contributed by atoms with Crippen molar-refractivity contribution in [1.82, 2.24) is 15.6 Å². The van der Waals surface area contributed by atoms with E-state index in [1.807, 2.05) is 97.2 Å². The summed E-state index contributed by atoms with van der Waals surface area (Å²) in [5, 5.41) is 6.53. The number of carbonyl (C=O) groups excluding carboxylic acids is 3. The van der Waals surface area contributed by atoms with Crippen LogP contribution in [0, 0.1) is 0 Å². The zero-order valence-corrected chi connectivity index (χ0v) is 24.3. The van der Waals surface area contributed by atoms with Gasteiger partial charge in [-0.15, -0.1) is 0 Å². The molecule has 0 saturated carbocycles. The van der Waals surface area contributed by atoms with E-state index in [1.165, 1.54) is 7.11 Å². The fourth-order valence-electron chi connectivity index (χ4n) is 5.97. The number of H-pyrrole nitrogens is 1. The molecule has 222 valence electrons. The molecular weight excluding hydrogens is 554 g/mol. The number of alkyl carbamates (subject to hydrolysis) is 1. The molecule has 5 aromatic rings. The molecule has 6 rings (SSSR count). The van der Waals surface area contributed by atoms with E-state index in [2.05, 4.69) is 27.8 Å². The summed E-state index contributed by atoms with van der Waals surface area (Å²) in [5.74, 6) is -1.21. The van der Waals surface area contributed by atoms with Gasteiger partial charge < -0.3 is 25.1 Å². The maximum absolute atomic E-state index is 13.7. The summed E-state index contributed by atoms with van der Waals surface area (Å²) in [5.41, 5.74) is 7.08. The van der Waals surface area contributed by atoms with Crippen LogP contribution in [0.5, 0.6) is 0 Å². The largest absolute Gasteiger partial charge is 0.467 e. The number of methoxy groups -OCH3 is 1. The molecule has 4 aromatic carbocycles. The van der Waals surface area contributed by atoms with Gasteiger partial charge in [-0.05, 0) is 39.4 Å². The van der Waals surface area contributed by atoms with Crippen LogP contribution in [-0.4, -0.2) is 48.8 Å². The molecule has 1 aromatic heterocycles. The van der Waals surface area contributed by atoms with Crippen molar-refractivity contribution in [3.63, 3.8) is 0 Å². The molecule has 2 amide bonds. The molecule has 8 nitrogen and oxygen atoms in total. The van der Waals surface area contributed by atoms with Crippen LogP contribution in [0.3, 0.4) is 0 Å². The average molecular weight is 588 g/mol. The molecule has 0 aliphatic heterocycles. The Balaban J connectivity index is 1.18. The molecular formula is C36H33N3O5. The van der Waals surface area contributed by atoms with Crippen molar-refractivity contribution in [2.75, 3.05) is 13.7 Å². The first-order chi connectivity index (χ1) is 21.5. The Morgan fingerprint density at radius 2 is 1.39 bits per heavy atom. The van der Waals surface area contributed by atoms with Crippen LogP contribution in [0.15, 0.2) is 109 Å². The Bertz CT molecular complexity index is 1750. The summed E-state index contributed by atoms with van der Waals surface area (Å²) >= 11 is 0. The first-order valence-corrected chi connectivity index (χ1v) is 14.6. The van der Waals surface area contributed by atoms with Gasteiger partial charge in [0.05, 0.1) is 7.11 Å².